The van der Waals surface area contributed by atoms with Crippen molar-refractivity contribution in [3.8, 4) is 0 Å². The number of hydrogen-bond acceptors (Lipinski definition) is 3. The summed E-state index contributed by atoms with van der Waals surface area (Å²) in [7, 11) is 0. The zero-order valence-electron chi connectivity index (χ0n) is 9.84. The summed E-state index contributed by atoms with van der Waals surface area (Å²) in [6, 6.07) is 11.9. The molecule has 0 aliphatic rings. The third kappa shape index (κ3) is 3.16. The van der Waals surface area contributed by atoms with Gasteiger partial charge in [0.2, 0.25) is 0 Å². The maximum absolute atomic E-state index is 10.1. The number of rotatable bonds is 4. The van der Waals surface area contributed by atoms with Gasteiger partial charge in [0.05, 0.1) is 0 Å². The van der Waals surface area contributed by atoms with Crippen LogP contribution in [0.25, 0.3) is 0 Å². The Hall–Kier alpha value is -1.16. The SMILES string of the molecule is Cc1ccc(CC(N)C(O)c2cccs2)cc1. The molecule has 2 unspecified atom stereocenters. The Labute approximate surface area is 106 Å². The van der Waals surface area contributed by atoms with E-state index in [0.29, 0.717) is 6.42 Å². The minimum atomic E-state index is -0.573. The van der Waals surface area contributed by atoms with Gasteiger partial charge in [0.1, 0.15) is 6.10 Å². The van der Waals surface area contributed by atoms with Crippen molar-refractivity contribution in [3.63, 3.8) is 0 Å². The smallest absolute Gasteiger partial charge is 0.103 e. The molecule has 2 nitrogen and oxygen atoms in total. The van der Waals surface area contributed by atoms with Crippen LogP contribution in [0.1, 0.15) is 22.1 Å². The van der Waals surface area contributed by atoms with E-state index in [0.717, 1.165) is 4.88 Å². The molecule has 0 aliphatic heterocycles. The molecule has 2 atom stereocenters. The molecule has 3 N–H and O–H groups in total. The third-order valence-electron chi connectivity index (χ3n) is 2.83. The van der Waals surface area contributed by atoms with Gasteiger partial charge in [0, 0.05) is 10.9 Å². The van der Waals surface area contributed by atoms with Gasteiger partial charge in [-0.1, -0.05) is 35.9 Å². The standard InChI is InChI=1S/C14H17NOS/c1-10-4-6-11(7-5-10)9-12(15)14(16)13-3-2-8-17-13/h2-8,12,14,16H,9,15H2,1H3. The average molecular weight is 247 g/mol. The fourth-order valence-electron chi connectivity index (χ4n) is 1.78. The Kier molecular flexibility index (Phi) is 3.94. The summed E-state index contributed by atoms with van der Waals surface area (Å²) in [4.78, 5) is 0.935. The molecule has 1 aromatic heterocycles. The minimum absolute atomic E-state index is 0.253. The average Bonchev–Trinajstić information content (AvgIpc) is 2.84. The molecular formula is C14H17NOS. The highest BCUT2D eigenvalue weighted by molar-refractivity contribution is 7.10. The Morgan fingerprint density at radius 2 is 1.94 bits per heavy atom. The van der Waals surface area contributed by atoms with E-state index in [9.17, 15) is 5.11 Å². The lowest BCUT2D eigenvalue weighted by molar-refractivity contribution is 0.150. The number of thiophene rings is 1. The van der Waals surface area contributed by atoms with Crippen LogP contribution in [-0.4, -0.2) is 11.1 Å². The summed E-state index contributed by atoms with van der Waals surface area (Å²) in [5, 5.41) is 12.0. The summed E-state index contributed by atoms with van der Waals surface area (Å²) in [5.74, 6) is 0. The fourth-order valence-corrected chi connectivity index (χ4v) is 2.56. The van der Waals surface area contributed by atoms with Gasteiger partial charge in [-0.15, -0.1) is 11.3 Å². The zero-order chi connectivity index (χ0) is 12.3. The molecule has 0 aliphatic carbocycles. The van der Waals surface area contributed by atoms with Crippen molar-refractivity contribution >= 4 is 11.3 Å². The molecule has 0 amide bonds. The quantitative estimate of drug-likeness (QED) is 0.872. The third-order valence-corrected chi connectivity index (χ3v) is 3.78. The maximum Gasteiger partial charge on any atom is 0.103 e. The van der Waals surface area contributed by atoms with Crippen LogP contribution in [0.4, 0.5) is 0 Å². The number of aryl methyl sites for hydroxylation is 1. The van der Waals surface area contributed by atoms with Crippen LogP contribution in [-0.2, 0) is 6.42 Å². The van der Waals surface area contributed by atoms with Gasteiger partial charge in [-0.3, -0.25) is 0 Å². The molecule has 0 radical (unpaired) electrons. The van der Waals surface area contributed by atoms with E-state index in [2.05, 4.69) is 31.2 Å². The second-order valence-corrected chi connectivity index (χ2v) is 5.29. The lowest BCUT2D eigenvalue weighted by atomic mass is 10.0. The molecule has 0 saturated heterocycles. The van der Waals surface area contributed by atoms with Gasteiger partial charge in [-0.2, -0.15) is 0 Å². The van der Waals surface area contributed by atoms with E-state index >= 15 is 0 Å². The van der Waals surface area contributed by atoms with Crippen molar-refractivity contribution in [2.24, 2.45) is 5.73 Å². The maximum atomic E-state index is 10.1. The van der Waals surface area contributed by atoms with E-state index in [1.54, 1.807) is 11.3 Å². The molecule has 1 aromatic carbocycles. The van der Waals surface area contributed by atoms with Gasteiger partial charge in [0.15, 0.2) is 0 Å². The summed E-state index contributed by atoms with van der Waals surface area (Å²) in [6.07, 6.45) is 0.121. The predicted molar refractivity (Wildman–Crippen MR) is 72.1 cm³/mol. The van der Waals surface area contributed by atoms with E-state index < -0.39 is 6.10 Å². The lowest BCUT2D eigenvalue weighted by Crippen LogP contribution is -2.30. The van der Waals surface area contributed by atoms with Gasteiger partial charge < -0.3 is 10.8 Å². The molecule has 90 valence electrons. The first-order valence-corrected chi connectivity index (χ1v) is 6.57. The number of hydrogen-bond donors (Lipinski definition) is 2. The number of aliphatic hydroxyl groups is 1. The lowest BCUT2D eigenvalue weighted by Gasteiger charge is -2.17. The van der Waals surface area contributed by atoms with Crippen molar-refractivity contribution in [2.75, 3.05) is 0 Å². The van der Waals surface area contributed by atoms with Crippen molar-refractivity contribution in [2.45, 2.75) is 25.5 Å². The molecule has 17 heavy (non-hydrogen) atoms. The van der Waals surface area contributed by atoms with Crippen LogP contribution in [0.3, 0.4) is 0 Å². The van der Waals surface area contributed by atoms with Crippen molar-refractivity contribution in [3.05, 3.63) is 57.8 Å². The van der Waals surface area contributed by atoms with Gasteiger partial charge in [-0.05, 0) is 30.4 Å². The molecule has 0 bridgehead atoms. The zero-order valence-corrected chi connectivity index (χ0v) is 10.7. The van der Waals surface area contributed by atoms with Gasteiger partial charge in [0.25, 0.3) is 0 Å². The first-order chi connectivity index (χ1) is 8.16. The normalized spacial score (nSPS) is 14.5. The monoisotopic (exact) mass is 247 g/mol. The number of aliphatic hydroxyl groups excluding tert-OH is 1. The molecule has 3 heteroatoms. The Bertz CT molecular complexity index is 450. The summed E-state index contributed by atoms with van der Waals surface area (Å²) in [6.45, 7) is 2.06. The minimum Gasteiger partial charge on any atom is -0.386 e. The second-order valence-electron chi connectivity index (χ2n) is 4.31. The summed E-state index contributed by atoms with van der Waals surface area (Å²) in [5.41, 5.74) is 8.44. The Morgan fingerprint density at radius 1 is 1.24 bits per heavy atom. The van der Waals surface area contributed by atoms with Crippen LogP contribution in [0.15, 0.2) is 41.8 Å². The molecular weight excluding hydrogens is 230 g/mol. The first-order valence-electron chi connectivity index (χ1n) is 5.69. The highest BCUT2D eigenvalue weighted by atomic mass is 32.1. The van der Waals surface area contributed by atoms with Crippen LogP contribution in [0, 0.1) is 6.92 Å². The topological polar surface area (TPSA) is 46.2 Å². The molecule has 2 aromatic rings. The Balaban J connectivity index is 2.01. The predicted octanol–water partition coefficient (Wildman–Crippen LogP) is 2.66. The largest absolute Gasteiger partial charge is 0.386 e. The number of nitrogens with two attached hydrogens (primary N) is 1. The summed E-state index contributed by atoms with van der Waals surface area (Å²) >= 11 is 1.54. The van der Waals surface area contributed by atoms with E-state index in [-0.39, 0.29) is 6.04 Å². The fraction of sp³-hybridized carbons (Fsp3) is 0.286. The van der Waals surface area contributed by atoms with Crippen LogP contribution < -0.4 is 5.73 Å². The van der Waals surface area contributed by atoms with Crippen LogP contribution in [0.5, 0.6) is 0 Å². The Morgan fingerprint density at radius 3 is 2.53 bits per heavy atom. The van der Waals surface area contributed by atoms with Gasteiger partial charge >= 0.3 is 0 Å². The molecule has 2 rings (SSSR count). The molecule has 0 saturated carbocycles. The molecule has 1 heterocycles. The van der Waals surface area contributed by atoms with Crippen molar-refractivity contribution < 1.29 is 5.11 Å². The van der Waals surface area contributed by atoms with Crippen LogP contribution >= 0.6 is 11.3 Å². The van der Waals surface area contributed by atoms with E-state index in [4.69, 9.17) is 5.73 Å². The first kappa shape index (κ1) is 12.3. The highest BCUT2D eigenvalue weighted by Crippen LogP contribution is 2.22. The highest BCUT2D eigenvalue weighted by Gasteiger charge is 2.17. The van der Waals surface area contributed by atoms with Gasteiger partial charge in [-0.25, -0.2) is 0 Å². The van der Waals surface area contributed by atoms with E-state index in [1.165, 1.54) is 11.1 Å². The van der Waals surface area contributed by atoms with Crippen LogP contribution in [0.2, 0.25) is 0 Å². The van der Waals surface area contributed by atoms with Crippen molar-refractivity contribution in [1.82, 2.24) is 0 Å². The molecule has 0 fully saturated rings. The number of benzene rings is 1. The van der Waals surface area contributed by atoms with Crippen molar-refractivity contribution in [1.29, 1.82) is 0 Å². The molecule has 0 spiro atoms. The van der Waals surface area contributed by atoms with E-state index in [1.807, 2.05) is 17.5 Å². The second kappa shape index (κ2) is 5.45. The summed E-state index contributed by atoms with van der Waals surface area (Å²) < 4.78 is 0.